The lowest BCUT2D eigenvalue weighted by Gasteiger charge is -2.24. The molecule has 0 bridgehead atoms. The second-order valence-corrected chi connectivity index (χ2v) is 8.96. The number of para-hydroxylation sites is 1. The third-order valence-electron chi connectivity index (χ3n) is 5.14. The highest BCUT2D eigenvalue weighted by molar-refractivity contribution is 7.89. The van der Waals surface area contributed by atoms with Gasteiger partial charge in [0.05, 0.1) is 27.4 Å². The Kier molecular flexibility index (Phi) is 6.90. The van der Waals surface area contributed by atoms with E-state index < -0.39 is 22.0 Å². The molecule has 0 aliphatic carbocycles. The number of fused-ring (bicyclic) bond motifs is 1. The smallest absolute Gasteiger partial charge is 0.330 e. The second kappa shape index (κ2) is 9.46. The van der Waals surface area contributed by atoms with Crippen molar-refractivity contribution in [1.29, 1.82) is 0 Å². The van der Waals surface area contributed by atoms with Crippen molar-refractivity contribution in [2.24, 2.45) is 0 Å². The SMILES string of the molecule is COC(=O)/C=C/c1cc(OC)c(OC)c(S(=O)(=O)N(C)C(C)c2cc3ccccc3o2)c1. The van der Waals surface area contributed by atoms with E-state index in [4.69, 9.17) is 13.9 Å². The first-order chi connectivity index (χ1) is 15.2. The summed E-state index contributed by atoms with van der Waals surface area (Å²) in [6.45, 7) is 1.74. The maximum atomic E-state index is 13.6. The van der Waals surface area contributed by atoms with Crippen molar-refractivity contribution in [3.63, 3.8) is 0 Å². The highest BCUT2D eigenvalue weighted by Gasteiger charge is 2.32. The molecule has 1 aromatic heterocycles. The van der Waals surface area contributed by atoms with Gasteiger partial charge in [-0.1, -0.05) is 18.2 Å². The Hall–Kier alpha value is -3.30. The molecule has 170 valence electrons. The Bertz CT molecular complexity index is 1230. The number of benzene rings is 2. The molecule has 8 nitrogen and oxygen atoms in total. The number of hydrogen-bond donors (Lipinski definition) is 0. The van der Waals surface area contributed by atoms with Gasteiger partial charge < -0.3 is 18.6 Å². The molecular formula is C23H25NO7S. The Labute approximate surface area is 187 Å². The largest absolute Gasteiger partial charge is 0.493 e. The van der Waals surface area contributed by atoms with Gasteiger partial charge in [0.25, 0.3) is 0 Å². The number of methoxy groups -OCH3 is 3. The number of rotatable bonds is 8. The van der Waals surface area contributed by atoms with Gasteiger partial charge in [-0.2, -0.15) is 4.31 Å². The zero-order valence-corrected chi connectivity index (χ0v) is 19.3. The number of nitrogens with zero attached hydrogens (tertiary/aromatic N) is 1. The van der Waals surface area contributed by atoms with E-state index in [1.54, 1.807) is 13.0 Å². The minimum atomic E-state index is -4.05. The van der Waals surface area contributed by atoms with Crippen LogP contribution in [0.25, 0.3) is 17.0 Å². The predicted octanol–water partition coefficient (Wildman–Crippen LogP) is 4.02. The molecule has 1 unspecified atom stereocenters. The number of hydrogen-bond acceptors (Lipinski definition) is 7. The first-order valence-electron chi connectivity index (χ1n) is 9.71. The van der Waals surface area contributed by atoms with Crippen molar-refractivity contribution >= 4 is 33.0 Å². The van der Waals surface area contributed by atoms with Crippen molar-refractivity contribution in [2.45, 2.75) is 17.9 Å². The molecule has 0 fully saturated rings. The minimum Gasteiger partial charge on any atom is -0.493 e. The summed E-state index contributed by atoms with van der Waals surface area (Å²) in [5, 5.41) is 0.884. The summed E-state index contributed by atoms with van der Waals surface area (Å²) in [6.07, 6.45) is 2.63. The molecule has 2 aromatic carbocycles. The molecule has 0 amide bonds. The lowest BCUT2D eigenvalue weighted by molar-refractivity contribution is -0.134. The van der Waals surface area contributed by atoms with Crippen LogP contribution in [0.15, 0.2) is 57.9 Å². The average Bonchev–Trinajstić information content (AvgIpc) is 3.24. The summed E-state index contributed by atoms with van der Waals surface area (Å²) in [4.78, 5) is 11.4. The van der Waals surface area contributed by atoms with E-state index in [0.717, 1.165) is 5.39 Å². The van der Waals surface area contributed by atoms with Crippen LogP contribution in [-0.4, -0.2) is 47.1 Å². The molecule has 1 atom stereocenters. The van der Waals surface area contributed by atoms with E-state index in [9.17, 15) is 13.2 Å². The predicted molar refractivity (Wildman–Crippen MR) is 120 cm³/mol. The molecule has 1 heterocycles. The molecular weight excluding hydrogens is 434 g/mol. The lowest BCUT2D eigenvalue weighted by Crippen LogP contribution is -2.30. The third-order valence-corrected chi connectivity index (χ3v) is 7.07. The van der Waals surface area contributed by atoms with Gasteiger partial charge in [-0.3, -0.25) is 0 Å². The van der Waals surface area contributed by atoms with Crippen LogP contribution in [0.4, 0.5) is 0 Å². The standard InChI is InChI=1S/C23H25NO7S/c1-15(19-14-17-8-6-7-9-18(17)31-19)24(2)32(26,27)21-13-16(10-11-22(25)29-4)12-20(28-3)23(21)30-5/h6-15H,1-5H3/b11-10+. The zero-order chi connectivity index (χ0) is 23.5. The summed E-state index contributed by atoms with van der Waals surface area (Å²) < 4.78 is 49.5. The number of furan rings is 1. The quantitative estimate of drug-likeness (QED) is 0.371. The molecule has 0 N–H and O–H groups in total. The van der Waals surface area contributed by atoms with E-state index in [1.807, 2.05) is 30.3 Å². The van der Waals surface area contributed by atoms with Crippen LogP contribution in [0, 0.1) is 0 Å². The Morgan fingerprint density at radius 3 is 2.44 bits per heavy atom. The van der Waals surface area contributed by atoms with E-state index in [1.165, 1.54) is 50.9 Å². The highest BCUT2D eigenvalue weighted by atomic mass is 32.2. The Morgan fingerprint density at radius 2 is 1.81 bits per heavy atom. The highest BCUT2D eigenvalue weighted by Crippen LogP contribution is 2.39. The van der Waals surface area contributed by atoms with E-state index >= 15 is 0 Å². The second-order valence-electron chi connectivity index (χ2n) is 6.99. The first kappa shape index (κ1) is 23.4. The summed E-state index contributed by atoms with van der Waals surface area (Å²) in [5.74, 6) is 0.207. The fraction of sp³-hybridized carbons (Fsp3) is 0.261. The topological polar surface area (TPSA) is 95.3 Å². The molecule has 3 rings (SSSR count). The van der Waals surface area contributed by atoms with Crippen molar-refractivity contribution in [2.75, 3.05) is 28.4 Å². The van der Waals surface area contributed by atoms with Crippen molar-refractivity contribution in [3.05, 3.63) is 59.9 Å². The van der Waals surface area contributed by atoms with Gasteiger partial charge in [-0.05, 0) is 42.8 Å². The normalized spacial score (nSPS) is 12.9. The monoisotopic (exact) mass is 459 g/mol. The Balaban J connectivity index is 2.06. The van der Waals surface area contributed by atoms with Crippen LogP contribution in [-0.2, 0) is 19.6 Å². The number of carbonyl (C=O) groups is 1. The molecule has 9 heteroatoms. The van der Waals surface area contributed by atoms with E-state index in [2.05, 4.69) is 4.74 Å². The summed E-state index contributed by atoms with van der Waals surface area (Å²) in [5.41, 5.74) is 1.10. The number of sulfonamides is 1. The van der Waals surface area contributed by atoms with Gasteiger partial charge in [0, 0.05) is 18.5 Å². The average molecular weight is 460 g/mol. The molecule has 3 aromatic rings. The van der Waals surface area contributed by atoms with Gasteiger partial charge >= 0.3 is 5.97 Å². The maximum Gasteiger partial charge on any atom is 0.330 e. The van der Waals surface area contributed by atoms with Crippen LogP contribution >= 0.6 is 0 Å². The fourth-order valence-corrected chi connectivity index (χ4v) is 4.75. The summed E-state index contributed by atoms with van der Waals surface area (Å²) >= 11 is 0. The first-order valence-corrected chi connectivity index (χ1v) is 11.2. The summed E-state index contributed by atoms with van der Waals surface area (Å²) in [7, 11) is 1.45. The maximum absolute atomic E-state index is 13.6. The molecule has 0 radical (unpaired) electrons. The van der Waals surface area contributed by atoms with Crippen LogP contribution in [0.2, 0.25) is 0 Å². The van der Waals surface area contributed by atoms with Crippen molar-refractivity contribution < 1.29 is 31.8 Å². The van der Waals surface area contributed by atoms with Gasteiger partial charge in [0.2, 0.25) is 10.0 Å². The van der Waals surface area contributed by atoms with Crippen molar-refractivity contribution in [3.8, 4) is 11.5 Å². The van der Waals surface area contributed by atoms with Gasteiger partial charge in [-0.25, -0.2) is 13.2 Å². The zero-order valence-electron chi connectivity index (χ0n) is 18.5. The van der Waals surface area contributed by atoms with Gasteiger partial charge in [0.15, 0.2) is 11.5 Å². The van der Waals surface area contributed by atoms with E-state index in [0.29, 0.717) is 16.9 Å². The molecule has 0 spiro atoms. The van der Waals surface area contributed by atoms with E-state index in [-0.39, 0.29) is 16.4 Å². The van der Waals surface area contributed by atoms with Crippen LogP contribution in [0.1, 0.15) is 24.3 Å². The number of ether oxygens (including phenoxy) is 3. The molecule has 0 saturated heterocycles. The number of esters is 1. The minimum absolute atomic E-state index is 0.0615. The van der Waals surface area contributed by atoms with Crippen LogP contribution in [0.3, 0.4) is 0 Å². The van der Waals surface area contributed by atoms with Crippen LogP contribution in [0.5, 0.6) is 11.5 Å². The number of carbonyl (C=O) groups excluding carboxylic acids is 1. The fourth-order valence-electron chi connectivity index (χ4n) is 3.22. The van der Waals surface area contributed by atoms with Crippen LogP contribution < -0.4 is 9.47 Å². The molecule has 32 heavy (non-hydrogen) atoms. The molecule has 0 aliphatic heterocycles. The Morgan fingerprint density at radius 1 is 1.09 bits per heavy atom. The van der Waals surface area contributed by atoms with Gasteiger partial charge in [-0.15, -0.1) is 0 Å². The molecule has 0 saturated carbocycles. The van der Waals surface area contributed by atoms with Crippen molar-refractivity contribution in [1.82, 2.24) is 4.31 Å². The summed E-state index contributed by atoms with van der Waals surface area (Å²) in [6, 6.07) is 11.7. The third kappa shape index (κ3) is 4.49. The lowest BCUT2D eigenvalue weighted by atomic mass is 10.2. The van der Waals surface area contributed by atoms with Gasteiger partial charge in [0.1, 0.15) is 16.2 Å². The molecule has 0 aliphatic rings.